The molecule has 0 amide bonds. The van der Waals surface area contributed by atoms with Crippen LogP contribution in [0.4, 0.5) is 4.39 Å². The summed E-state index contributed by atoms with van der Waals surface area (Å²) in [6.07, 6.45) is -0.00224. The van der Waals surface area contributed by atoms with Crippen LogP contribution < -0.4 is 4.74 Å². The maximum atomic E-state index is 13.3. The molecule has 1 rings (SSSR count). The number of ketones is 1. The lowest BCUT2D eigenvalue weighted by atomic mass is 10.1. The molecule has 1 aromatic carbocycles. The molecule has 0 fully saturated rings. The predicted octanol–water partition coefficient (Wildman–Crippen LogP) is 2.82. The van der Waals surface area contributed by atoms with Crippen molar-refractivity contribution in [2.45, 2.75) is 26.9 Å². The zero-order chi connectivity index (χ0) is 10.7. The maximum absolute atomic E-state index is 13.3. The highest BCUT2D eigenvalue weighted by molar-refractivity contribution is 5.94. The molecule has 0 saturated heterocycles. The lowest BCUT2D eigenvalue weighted by molar-refractivity contribution is 0.101. The van der Waals surface area contributed by atoms with Crippen molar-refractivity contribution in [1.82, 2.24) is 0 Å². The van der Waals surface area contributed by atoms with Crippen LogP contribution in [0.1, 0.15) is 31.1 Å². The second-order valence-electron chi connectivity index (χ2n) is 3.36. The quantitative estimate of drug-likeness (QED) is 0.695. The molecule has 0 aromatic heterocycles. The Hall–Kier alpha value is -1.38. The first-order valence-corrected chi connectivity index (χ1v) is 4.48. The molecule has 0 heterocycles. The van der Waals surface area contributed by atoms with Gasteiger partial charge in [0.1, 0.15) is 11.6 Å². The van der Waals surface area contributed by atoms with Crippen molar-refractivity contribution < 1.29 is 13.9 Å². The number of benzene rings is 1. The van der Waals surface area contributed by atoms with Gasteiger partial charge in [0.15, 0.2) is 5.78 Å². The SMILES string of the molecule is CC(=O)c1ccc(OC(C)C)cc1F. The first-order chi connectivity index (χ1) is 6.50. The van der Waals surface area contributed by atoms with Crippen molar-refractivity contribution in [3.63, 3.8) is 0 Å². The molecule has 0 saturated carbocycles. The van der Waals surface area contributed by atoms with E-state index in [9.17, 15) is 9.18 Å². The fourth-order valence-electron chi connectivity index (χ4n) is 1.13. The molecule has 0 aliphatic carbocycles. The zero-order valence-corrected chi connectivity index (χ0v) is 8.50. The minimum Gasteiger partial charge on any atom is -0.491 e. The highest BCUT2D eigenvalue weighted by Gasteiger charge is 2.08. The molecule has 0 radical (unpaired) electrons. The van der Waals surface area contributed by atoms with Gasteiger partial charge in [0.05, 0.1) is 11.7 Å². The van der Waals surface area contributed by atoms with Gasteiger partial charge in [0, 0.05) is 6.07 Å². The van der Waals surface area contributed by atoms with Crippen molar-refractivity contribution in [2.24, 2.45) is 0 Å². The summed E-state index contributed by atoms with van der Waals surface area (Å²) in [4.78, 5) is 10.9. The molecule has 1 aromatic rings. The van der Waals surface area contributed by atoms with Crippen molar-refractivity contribution in [1.29, 1.82) is 0 Å². The van der Waals surface area contributed by atoms with Crippen molar-refractivity contribution in [3.8, 4) is 5.75 Å². The third-order valence-electron chi connectivity index (χ3n) is 1.69. The van der Waals surface area contributed by atoms with Gasteiger partial charge in [-0.2, -0.15) is 0 Å². The molecule has 0 unspecified atom stereocenters. The smallest absolute Gasteiger partial charge is 0.162 e. The van der Waals surface area contributed by atoms with Gasteiger partial charge < -0.3 is 4.74 Å². The Morgan fingerprint density at radius 2 is 2.07 bits per heavy atom. The van der Waals surface area contributed by atoms with Crippen LogP contribution in [0.25, 0.3) is 0 Å². The third kappa shape index (κ3) is 2.55. The van der Waals surface area contributed by atoms with Crippen LogP contribution in [0, 0.1) is 5.82 Å². The van der Waals surface area contributed by atoms with Crippen molar-refractivity contribution in [2.75, 3.05) is 0 Å². The van der Waals surface area contributed by atoms with Gasteiger partial charge in [0.2, 0.25) is 0 Å². The summed E-state index contributed by atoms with van der Waals surface area (Å²) in [5.74, 6) is -0.364. The Kier molecular flexibility index (Phi) is 3.23. The van der Waals surface area contributed by atoms with Crippen LogP contribution in [0.3, 0.4) is 0 Å². The molecule has 0 aliphatic rings. The van der Waals surface area contributed by atoms with Crippen LogP contribution in [0.15, 0.2) is 18.2 Å². The normalized spacial score (nSPS) is 10.4. The summed E-state index contributed by atoms with van der Waals surface area (Å²) in [7, 11) is 0. The number of ether oxygens (including phenoxy) is 1. The summed E-state index contributed by atoms with van der Waals surface area (Å²) in [6, 6.07) is 4.27. The van der Waals surface area contributed by atoms with Gasteiger partial charge in [-0.15, -0.1) is 0 Å². The van der Waals surface area contributed by atoms with Crippen molar-refractivity contribution >= 4 is 5.78 Å². The van der Waals surface area contributed by atoms with Gasteiger partial charge in [-0.05, 0) is 32.9 Å². The average Bonchev–Trinajstić information content (AvgIpc) is 2.01. The molecule has 0 atom stereocenters. The molecule has 76 valence electrons. The number of Topliss-reactive ketones (excluding diaryl/α,β-unsaturated/α-hetero) is 1. The Balaban J connectivity index is 2.94. The second kappa shape index (κ2) is 4.22. The van der Waals surface area contributed by atoms with Crippen molar-refractivity contribution in [3.05, 3.63) is 29.6 Å². The van der Waals surface area contributed by atoms with E-state index in [2.05, 4.69) is 0 Å². The van der Waals surface area contributed by atoms with E-state index in [0.29, 0.717) is 5.75 Å². The molecule has 14 heavy (non-hydrogen) atoms. The first kappa shape index (κ1) is 10.7. The Morgan fingerprint density at radius 1 is 1.43 bits per heavy atom. The van der Waals surface area contributed by atoms with E-state index in [-0.39, 0.29) is 17.5 Å². The number of hydrogen-bond donors (Lipinski definition) is 0. The van der Waals surface area contributed by atoms with Crippen LogP contribution >= 0.6 is 0 Å². The molecule has 0 bridgehead atoms. The molecule has 0 N–H and O–H groups in total. The second-order valence-corrected chi connectivity index (χ2v) is 3.36. The predicted molar refractivity (Wildman–Crippen MR) is 52.2 cm³/mol. The van der Waals surface area contributed by atoms with E-state index in [1.54, 1.807) is 6.07 Å². The van der Waals surface area contributed by atoms with Crippen LogP contribution in [0.2, 0.25) is 0 Å². The molecule has 2 nitrogen and oxygen atoms in total. The highest BCUT2D eigenvalue weighted by Crippen LogP contribution is 2.18. The Bertz CT molecular complexity index is 345. The van der Waals surface area contributed by atoms with Gasteiger partial charge in [-0.3, -0.25) is 4.79 Å². The standard InChI is InChI=1S/C11H13FO2/c1-7(2)14-9-4-5-10(8(3)13)11(12)6-9/h4-7H,1-3H3. The van der Waals surface area contributed by atoms with E-state index in [1.165, 1.54) is 19.1 Å². The zero-order valence-electron chi connectivity index (χ0n) is 8.50. The van der Waals surface area contributed by atoms with Crippen LogP contribution in [0.5, 0.6) is 5.75 Å². The van der Waals surface area contributed by atoms with Gasteiger partial charge in [-0.1, -0.05) is 0 Å². The fraction of sp³-hybridized carbons (Fsp3) is 0.364. The molecule has 0 spiro atoms. The van der Waals surface area contributed by atoms with Gasteiger partial charge in [0.25, 0.3) is 0 Å². The molecular formula is C11H13FO2. The average molecular weight is 196 g/mol. The largest absolute Gasteiger partial charge is 0.491 e. The third-order valence-corrected chi connectivity index (χ3v) is 1.69. The topological polar surface area (TPSA) is 26.3 Å². The lowest BCUT2D eigenvalue weighted by Gasteiger charge is -2.10. The molecular weight excluding hydrogens is 183 g/mol. The van der Waals surface area contributed by atoms with E-state index in [1.807, 2.05) is 13.8 Å². The number of hydrogen-bond acceptors (Lipinski definition) is 2. The summed E-state index contributed by atoms with van der Waals surface area (Å²) in [5.41, 5.74) is 0.0982. The Labute approximate surface area is 82.7 Å². The number of carbonyl (C=O) groups excluding carboxylic acids is 1. The Morgan fingerprint density at radius 3 is 2.50 bits per heavy atom. The lowest BCUT2D eigenvalue weighted by Crippen LogP contribution is -2.06. The van der Waals surface area contributed by atoms with Crippen LogP contribution in [-0.2, 0) is 0 Å². The summed E-state index contributed by atoms with van der Waals surface area (Å²) < 4.78 is 18.5. The number of rotatable bonds is 3. The molecule has 3 heteroatoms. The number of carbonyl (C=O) groups is 1. The van der Waals surface area contributed by atoms with E-state index < -0.39 is 5.82 Å². The van der Waals surface area contributed by atoms with E-state index in [4.69, 9.17) is 4.74 Å². The minimum atomic E-state index is -0.532. The maximum Gasteiger partial charge on any atom is 0.162 e. The summed E-state index contributed by atoms with van der Waals surface area (Å²) in [5, 5.41) is 0. The van der Waals surface area contributed by atoms with Gasteiger partial charge >= 0.3 is 0 Å². The monoisotopic (exact) mass is 196 g/mol. The minimum absolute atomic E-state index is 0.00224. The summed E-state index contributed by atoms with van der Waals surface area (Å²) in [6.45, 7) is 5.05. The fourth-order valence-corrected chi connectivity index (χ4v) is 1.13. The first-order valence-electron chi connectivity index (χ1n) is 4.48. The van der Waals surface area contributed by atoms with Gasteiger partial charge in [-0.25, -0.2) is 4.39 Å². The summed E-state index contributed by atoms with van der Waals surface area (Å²) >= 11 is 0. The number of halogens is 1. The van der Waals surface area contributed by atoms with E-state index in [0.717, 1.165) is 0 Å². The highest BCUT2D eigenvalue weighted by atomic mass is 19.1. The van der Waals surface area contributed by atoms with E-state index >= 15 is 0 Å². The van der Waals surface area contributed by atoms with Crippen LogP contribution in [-0.4, -0.2) is 11.9 Å². The molecule has 0 aliphatic heterocycles.